The minimum Gasteiger partial charge on any atom is -0.508 e. The second-order valence-electron chi connectivity index (χ2n) is 2.68. The van der Waals surface area contributed by atoms with Crippen molar-refractivity contribution in [3.8, 4) is 11.5 Å². The fourth-order valence-corrected chi connectivity index (χ4v) is 0.994. The molecule has 0 heterocycles. The van der Waals surface area contributed by atoms with Crippen LogP contribution in [0.15, 0.2) is 18.2 Å². The smallest absolute Gasteiger partial charge is 0.122 e. The minimum absolute atomic E-state index is 0.128. The van der Waals surface area contributed by atoms with Gasteiger partial charge in [-0.25, -0.2) is 0 Å². The Morgan fingerprint density at radius 1 is 1.17 bits per heavy atom. The Kier molecular flexibility index (Phi) is 2.38. The summed E-state index contributed by atoms with van der Waals surface area (Å²) in [5, 5.41) is 18.6. The lowest BCUT2D eigenvalue weighted by Gasteiger charge is -2.02. The Morgan fingerprint density at radius 2 is 1.67 bits per heavy atom. The monoisotopic (exact) mass is 164 g/mol. The van der Waals surface area contributed by atoms with Crippen molar-refractivity contribution in [3.63, 3.8) is 0 Å². The van der Waals surface area contributed by atoms with Crippen molar-refractivity contribution < 1.29 is 10.2 Å². The van der Waals surface area contributed by atoms with Gasteiger partial charge in [0, 0.05) is 5.56 Å². The number of allylic oxidation sites excluding steroid dienone is 1. The van der Waals surface area contributed by atoms with Gasteiger partial charge in [0.25, 0.3) is 0 Å². The van der Waals surface area contributed by atoms with Crippen LogP contribution < -0.4 is 0 Å². The molecule has 1 aromatic rings. The number of benzene rings is 1. The summed E-state index contributed by atoms with van der Waals surface area (Å²) in [7, 11) is 0. The molecule has 0 amide bonds. The summed E-state index contributed by atoms with van der Waals surface area (Å²) in [5.74, 6) is 0.256. The molecule has 0 bridgehead atoms. The highest BCUT2D eigenvalue weighted by Gasteiger charge is 2.02. The Labute approximate surface area is 71.8 Å². The van der Waals surface area contributed by atoms with E-state index in [2.05, 4.69) is 0 Å². The molecular weight excluding hydrogens is 152 g/mol. The molecule has 0 spiro atoms. The van der Waals surface area contributed by atoms with Crippen molar-refractivity contribution in [1.29, 1.82) is 0 Å². The highest BCUT2D eigenvalue weighted by molar-refractivity contribution is 5.57. The largest absolute Gasteiger partial charge is 0.508 e. The molecule has 12 heavy (non-hydrogen) atoms. The van der Waals surface area contributed by atoms with E-state index >= 15 is 0 Å². The minimum atomic E-state index is 0.128. The van der Waals surface area contributed by atoms with Crippen molar-refractivity contribution in [2.24, 2.45) is 0 Å². The fourth-order valence-electron chi connectivity index (χ4n) is 0.994. The van der Waals surface area contributed by atoms with E-state index in [1.807, 2.05) is 19.1 Å². The summed E-state index contributed by atoms with van der Waals surface area (Å²) < 4.78 is 0. The lowest BCUT2D eigenvalue weighted by atomic mass is 10.1. The number of hydrogen-bond donors (Lipinski definition) is 2. The molecule has 2 N–H and O–H groups in total. The van der Waals surface area contributed by atoms with E-state index in [0.717, 1.165) is 5.56 Å². The molecule has 0 aliphatic rings. The highest BCUT2D eigenvalue weighted by atomic mass is 16.3. The molecule has 2 heteroatoms. The number of rotatable bonds is 1. The third-order valence-corrected chi connectivity index (χ3v) is 1.73. The van der Waals surface area contributed by atoms with Gasteiger partial charge in [0.05, 0.1) is 0 Å². The van der Waals surface area contributed by atoms with Crippen molar-refractivity contribution in [2.45, 2.75) is 13.8 Å². The van der Waals surface area contributed by atoms with Crippen LogP contribution >= 0.6 is 0 Å². The summed E-state index contributed by atoms with van der Waals surface area (Å²) >= 11 is 0. The zero-order valence-corrected chi connectivity index (χ0v) is 7.20. The van der Waals surface area contributed by atoms with E-state index in [9.17, 15) is 10.2 Å². The van der Waals surface area contributed by atoms with Crippen molar-refractivity contribution in [2.75, 3.05) is 0 Å². The molecule has 0 saturated carbocycles. The first-order valence-corrected chi connectivity index (χ1v) is 3.80. The Morgan fingerprint density at radius 3 is 2.08 bits per heavy atom. The van der Waals surface area contributed by atoms with Gasteiger partial charge in [-0.2, -0.15) is 0 Å². The molecule has 0 fully saturated rings. The lowest BCUT2D eigenvalue weighted by Crippen LogP contribution is -1.79. The van der Waals surface area contributed by atoms with E-state index in [4.69, 9.17) is 0 Å². The fraction of sp³-hybridized carbons (Fsp3) is 0.200. The Hall–Kier alpha value is -1.44. The second-order valence-corrected chi connectivity index (χ2v) is 2.68. The topological polar surface area (TPSA) is 40.5 Å². The molecule has 0 radical (unpaired) electrons. The van der Waals surface area contributed by atoms with E-state index in [1.165, 1.54) is 0 Å². The first kappa shape index (κ1) is 8.65. The van der Waals surface area contributed by atoms with E-state index < -0.39 is 0 Å². The normalized spacial score (nSPS) is 10.8. The Bertz CT molecular complexity index is 291. The van der Waals surface area contributed by atoms with E-state index in [0.29, 0.717) is 5.56 Å². The van der Waals surface area contributed by atoms with Gasteiger partial charge in [0.2, 0.25) is 0 Å². The van der Waals surface area contributed by atoms with Crippen LogP contribution in [0.4, 0.5) is 0 Å². The maximum Gasteiger partial charge on any atom is 0.122 e. The molecular formula is C10H12O2. The van der Waals surface area contributed by atoms with E-state index in [-0.39, 0.29) is 11.5 Å². The van der Waals surface area contributed by atoms with Gasteiger partial charge >= 0.3 is 0 Å². The number of phenols is 2. The van der Waals surface area contributed by atoms with Crippen LogP contribution in [0.1, 0.15) is 18.1 Å². The first-order valence-electron chi connectivity index (χ1n) is 3.80. The summed E-state index contributed by atoms with van der Waals surface area (Å²) in [6.45, 7) is 3.55. The summed E-state index contributed by atoms with van der Waals surface area (Å²) in [4.78, 5) is 0. The molecule has 0 aromatic heterocycles. The van der Waals surface area contributed by atoms with Crippen molar-refractivity contribution >= 4 is 6.08 Å². The van der Waals surface area contributed by atoms with Crippen LogP contribution in [0.2, 0.25) is 0 Å². The second kappa shape index (κ2) is 3.30. The molecule has 64 valence electrons. The first-order chi connectivity index (χ1) is 5.65. The molecule has 2 nitrogen and oxygen atoms in total. The quantitative estimate of drug-likeness (QED) is 0.669. The molecule has 0 saturated heterocycles. The maximum atomic E-state index is 9.31. The SMILES string of the molecule is C/C=C/c1cc(O)c(C)c(O)c1. The predicted molar refractivity (Wildman–Crippen MR) is 49.2 cm³/mol. The van der Waals surface area contributed by atoms with Crippen LogP contribution in [-0.4, -0.2) is 10.2 Å². The summed E-state index contributed by atoms with van der Waals surface area (Å²) in [6, 6.07) is 3.24. The maximum absolute atomic E-state index is 9.31. The predicted octanol–water partition coefficient (Wildman–Crippen LogP) is 2.44. The van der Waals surface area contributed by atoms with Gasteiger partial charge in [-0.15, -0.1) is 0 Å². The average molecular weight is 164 g/mol. The van der Waals surface area contributed by atoms with E-state index in [1.54, 1.807) is 19.1 Å². The summed E-state index contributed by atoms with van der Waals surface area (Å²) in [6.07, 6.45) is 3.67. The summed E-state index contributed by atoms with van der Waals surface area (Å²) in [5.41, 5.74) is 1.32. The molecule has 0 unspecified atom stereocenters. The lowest BCUT2D eigenvalue weighted by molar-refractivity contribution is 0.443. The highest BCUT2D eigenvalue weighted by Crippen LogP contribution is 2.27. The van der Waals surface area contributed by atoms with Gasteiger partial charge in [-0.3, -0.25) is 0 Å². The third-order valence-electron chi connectivity index (χ3n) is 1.73. The van der Waals surface area contributed by atoms with Gasteiger partial charge in [-0.05, 0) is 31.5 Å². The van der Waals surface area contributed by atoms with Crippen LogP contribution in [0.25, 0.3) is 6.08 Å². The zero-order valence-electron chi connectivity index (χ0n) is 7.20. The molecule has 1 rings (SSSR count). The number of phenolic OH excluding ortho intramolecular Hbond substituents is 2. The van der Waals surface area contributed by atoms with Crippen LogP contribution in [0.3, 0.4) is 0 Å². The molecule has 1 aromatic carbocycles. The van der Waals surface area contributed by atoms with Gasteiger partial charge in [0.1, 0.15) is 11.5 Å². The van der Waals surface area contributed by atoms with Crippen LogP contribution in [0, 0.1) is 6.92 Å². The molecule has 0 aliphatic heterocycles. The Balaban J connectivity index is 3.21. The average Bonchev–Trinajstić information content (AvgIpc) is 2.01. The molecule has 0 atom stereocenters. The van der Waals surface area contributed by atoms with Crippen LogP contribution in [0.5, 0.6) is 11.5 Å². The third kappa shape index (κ3) is 1.59. The van der Waals surface area contributed by atoms with Crippen molar-refractivity contribution in [3.05, 3.63) is 29.3 Å². The zero-order chi connectivity index (χ0) is 9.14. The van der Waals surface area contributed by atoms with Crippen molar-refractivity contribution in [1.82, 2.24) is 0 Å². The number of aromatic hydroxyl groups is 2. The van der Waals surface area contributed by atoms with Gasteiger partial charge < -0.3 is 10.2 Å². The standard InChI is InChI=1S/C10H12O2/c1-3-4-8-5-9(11)7(2)10(12)6-8/h3-6,11-12H,1-2H3/b4-3+. The number of hydrogen-bond acceptors (Lipinski definition) is 2. The van der Waals surface area contributed by atoms with Gasteiger partial charge in [0.15, 0.2) is 0 Å². The molecule has 0 aliphatic carbocycles. The van der Waals surface area contributed by atoms with Gasteiger partial charge in [-0.1, -0.05) is 12.2 Å². The van der Waals surface area contributed by atoms with Crippen LogP contribution in [-0.2, 0) is 0 Å².